The minimum atomic E-state index is -0.263. The topological polar surface area (TPSA) is 101 Å². The Hall–Kier alpha value is -7.95. The van der Waals surface area contributed by atoms with Crippen LogP contribution in [-0.2, 0) is 5.41 Å². The van der Waals surface area contributed by atoms with Crippen LogP contribution in [0, 0.1) is 11.3 Å². The van der Waals surface area contributed by atoms with Crippen LogP contribution in [-0.4, -0.2) is 29.9 Å². The van der Waals surface area contributed by atoms with Gasteiger partial charge >= 0.3 is 0 Å². The molecular formula is C52H35N7. The van der Waals surface area contributed by atoms with Crippen LogP contribution in [0.1, 0.15) is 30.5 Å². The van der Waals surface area contributed by atoms with E-state index in [0.29, 0.717) is 23.0 Å². The first-order chi connectivity index (χ1) is 28.9. The second kappa shape index (κ2) is 14.5. The maximum absolute atomic E-state index is 9.73. The lowest BCUT2D eigenvalue weighted by atomic mass is 9.81. The second-order valence-electron chi connectivity index (χ2n) is 15.2. The molecule has 0 unspecified atom stereocenters. The van der Waals surface area contributed by atoms with Gasteiger partial charge in [-0.3, -0.25) is 9.97 Å². The number of hydrogen-bond acceptors (Lipinski definition) is 7. The lowest BCUT2D eigenvalue weighted by Gasteiger charge is -2.22. The van der Waals surface area contributed by atoms with Gasteiger partial charge in [-0.05, 0) is 117 Å². The molecule has 7 heteroatoms. The van der Waals surface area contributed by atoms with Gasteiger partial charge in [-0.15, -0.1) is 0 Å². The van der Waals surface area contributed by atoms with Crippen LogP contribution in [0.5, 0.6) is 0 Å². The fourth-order valence-corrected chi connectivity index (χ4v) is 8.05. The van der Waals surface area contributed by atoms with Gasteiger partial charge in [0.1, 0.15) is 0 Å². The summed E-state index contributed by atoms with van der Waals surface area (Å²) in [6.07, 6.45) is 7.22. The molecule has 0 atom stereocenters. The van der Waals surface area contributed by atoms with Gasteiger partial charge in [0.05, 0.1) is 23.0 Å². The molecule has 4 aromatic heterocycles. The van der Waals surface area contributed by atoms with E-state index in [-0.39, 0.29) is 5.41 Å². The summed E-state index contributed by atoms with van der Waals surface area (Å²) < 4.78 is 0. The van der Waals surface area contributed by atoms with E-state index in [4.69, 9.17) is 19.9 Å². The molecule has 5 aromatic carbocycles. The Balaban J connectivity index is 1.21. The molecule has 278 valence electrons. The average molecular weight is 758 g/mol. The molecular weight excluding hydrogens is 723 g/mol. The Morgan fingerprint density at radius 3 is 1.49 bits per heavy atom. The summed E-state index contributed by atoms with van der Waals surface area (Å²) in [4.78, 5) is 29.2. The lowest BCUT2D eigenvalue weighted by molar-refractivity contribution is 0.660. The number of nitrogens with zero attached hydrogens (tertiary/aromatic N) is 7. The molecule has 0 radical (unpaired) electrons. The van der Waals surface area contributed by atoms with E-state index in [1.807, 2.05) is 109 Å². The lowest BCUT2D eigenvalue weighted by Crippen LogP contribution is -2.15. The predicted octanol–water partition coefficient (Wildman–Crippen LogP) is 11.9. The normalized spacial score (nSPS) is 12.4. The van der Waals surface area contributed by atoms with E-state index >= 15 is 0 Å². The van der Waals surface area contributed by atoms with E-state index in [0.717, 1.165) is 72.6 Å². The summed E-state index contributed by atoms with van der Waals surface area (Å²) in [6, 6.07) is 53.8. The molecule has 0 N–H and O–H groups in total. The SMILES string of the molecule is CC1(C)c2ccc(C#N)cc2-c2ccc(-c3cc(-c4cc(-c5cccnc5)nc(-c5cccnc5)c4)cc(-c4nc(-c5ccccc5)nc(-c5ccccc5)n4)c3)cc21. The van der Waals surface area contributed by atoms with Crippen LogP contribution < -0.4 is 0 Å². The molecule has 0 saturated carbocycles. The monoisotopic (exact) mass is 757 g/mol. The quantitative estimate of drug-likeness (QED) is 0.159. The van der Waals surface area contributed by atoms with E-state index in [2.05, 4.69) is 84.5 Å². The minimum absolute atomic E-state index is 0.263. The molecule has 0 fully saturated rings. The van der Waals surface area contributed by atoms with Gasteiger partial charge in [-0.1, -0.05) is 92.7 Å². The summed E-state index contributed by atoms with van der Waals surface area (Å²) >= 11 is 0. The molecule has 0 saturated heterocycles. The van der Waals surface area contributed by atoms with Crippen molar-refractivity contribution in [3.05, 3.63) is 193 Å². The number of benzene rings is 5. The third kappa shape index (κ3) is 6.63. The summed E-state index contributed by atoms with van der Waals surface area (Å²) in [5.41, 5.74) is 15.2. The summed E-state index contributed by atoms with van der Waals surface area (Å²) in [7, 11) is 0. The van der Waals surface area contributed by atoms with Crippen molar-refractivity contribution in [2.45, 2.75) is 19.3 Å². The third-order valence-corrected chi connectivity index (χ3v) is 11.1. The highest BCUT2D eigenvalue weighted by Gasteiger charge is 2.35. The first-order valence-corrected chi connectivity index (χ1v) is 19.5. The smallest absolute Gasteiger partial charge is 0.164 e. The number of rotatable bonds is 7. The van der Waals surface area contributed by atoms with Gasteiger partial charge in [0.2, 0.25) is 0 Å². The summed E-state index contributed by atoms with van der Waals surface area (Å²) in [5.74, 6) is 1.75. The number of nitriles is 1. The van der Waals surface area contributed by atoms with E-state index in [1.165, 1.54) is 11.1 Å². The Kier molecular flexibility index (Phi) is 8.73. The molecule has 59 heavy (non-hydrogen) atoms. The second-order valence-corrected chi connectivity index (χ2v) is 15.2. The Morgan fingerprint density at radius 2 is 0.932 bits per heavy atom. The van der Waals surface area contributed by atoms with Crippen molar-refractivity contribution in [2.75, 3.05) is 0 Å². The number of fused-ring (bicyclic) bond motifs is 3. The molecule has 0 bridgehead atoms. The van der Waals surface area contributed by atoms with Gasteiger partial charge < -0.3 is 0 Å². The van der Waals surface area contributed by atoms with Crippen molar-refractivity contribution >= 4 is 0 Å². The van der Waals surface area contributed by atoms with Gasteiger partial charge in [0.25, 0.3) is 0 Å². The van der Waals surface area contributed by atoms with Crippen LogP contribution in [0.15, 0.2) is 176 Å². The fourth-order valence-electron chi connectivity index (χ4n) is 8.05. The first-order valence-electron chi connectivity index (χ1n) is 19.5. The zero-order valence-electron chi connectivity index (χ0n) is 32.4. The molecule has 0 aliphatic heterocycles. The Labute approximate surface area is 342 Å². The molecule has 0 spiro atoms. The van der Waals surface area contributed by atoms with E-state index < -0.39 is 0 Å². The predicted molar refractivity (Wildman–Crippen MR) is 234 cm³/mol. The zero-order valence-corrected chi connectivity index (χ0v) is 32.4. The highest BCUT2D eigenvalue weighted by atomic mass is 15.0. The van der Waals surface area contributed by atoms with Crippen LogP contribution in [0.3, 0.4) is 0 Å². The zero-order chi connectivity index (χ0) is 39.9. The molecule has 1 aliphatic carbocycles. The van der Waals surface area contributed by atoms with Crippen molar-refractivity contribution in [1.29, 1.82) is 5.26 Å². The fraction of sp³-hybridized carbons (Fsp3) is 0.0577. The highest BCUT2D eigenvalue weighted by molar-refractivity contribution is 5.87. The van der Waals surface area contributed by atoms with Gasteiger partial charge in [-0.2, -0.15) is 5.26 Å². The largest absolute Gasteiger partial charge is 0.264 e. The van der Waals surface area contributed by atoms with Gasteiger partial charge in [-0.25, -0.2) is 19.9 Å². The van der Waals surface area contributed by atoms with E-state index in [1.54, 1.807) is 12.4 Å². The summed E-state index contributed by atoms with van der Waals surface area (Å²) in [6.45, 7) is 4.51. The van der Waals surface area contributed by atoms with E-state index in [9.17, 15) is 5.26 Å². The van der Waals surface area contributed by atoms with Crippen LogP contribution >= 0.6 is 0 Å². The Morgan fingerprint density at radius 1 is 0.407 bits per heavy atom. The number of hydrogen-bond donors (Lipinski definition) is 0. The van der Waals surface area contributed by atoms with Crippen molar-refractivity contribution in [1.82, 2.24) is 29.9 Å². The highest BCUT2D eigenvalue weighted by Crippen LogP contribution is 2.50. The first kappa shape index (κ1) is 35.5. The third-order valence-electron chi connectivity index (χ3n) is 11.1. The van der Waals surface area contributed by atoms with Crippen molar-refractivity contribution in [3.63, 3.8) is 0 Å². The minimum Gasteiger partial charge on any atom is -0.264 e. The van der Waals surface area contributed by atoms with Gasteiger partial charge in [0.15, 0.2) is 17.5 Å². The number of aromatic nitrogens is 6. The Bertz CT molecular complexity index is 2810. The maximum atomic E-state index is 9.73. The summed E-state index contributed by atoms with van der Waals surface area (Å²) in [5, 5.41) is 9.73. The van der Waals surface area contributed by atoms with Gasteiger partial charge in [0, 0.05) is 58.0 Å². The van der Waals surface area contributed by atoms with Crippen molar-refractivity contribution < 1.29 is 0 Å². The molecule has 1 aliphatic rings. The van der Waals surface area contributed by atoms with Crippen LogP contribution in [0.2, 0.25) is 0 Å². The molecule has 9 aromatic rings. The molecule has 7 nitrogen and oxygen atoms in total. The van der Waals surface area contributed by atoms with Crippen LogP contribution in [0.25, 0.3) is 90.1 Å². The van der Waals surface area contributed by atoms with Crippen molar-refractivity contribution in [3.8, 4) is 96.1 Å². The standard InChI is InChI=1S/C52H35N7/c1-52(2)45-20-17-33(30-53)23-44(45)43-19-18-36(27-46(43)52)39-24-40(41-28-47(37-15-9-21-54-31-37)56-48(29-41)38-16-10-22-55-32-38)26-42(25-39)51-58-49(34-11-5-3-6-12-34)57-50(59-51)35-13-7-4-8-14-35/h3-29,31-32H,1-2H3. The molecule has 10 rings (SSSR count). The molecule has 4 heterocycles. The average Bonchev–Trinajstić information content (AvgIpc) is 3.54. The van der Waals surface area contributed by atoms with Crippen LogP contribution in [0.4, 0.5) is 0 Å². The maximum Gasteiger partial charge on any atom is 0.164 e. The number of pyridine rings is 3. The molecule has 0 amide bonds. The van der Waals surface area contributed by atoms with Crippen molar-refractivity contribution in [2.24, 2.45) is 0 Å².